The van der Waals surface area contributed by atoms with Crippen molar-refractivity contribution in [3.63, 3.8) is 0 Å². The van der Waals surface area contributed by atoms with Gasteiger partial charge in [-0.1, -0.05) is 34.1 Å². The van der Waals surface area contributed by atoms with Crippen LogP contribution in [-0.2, 0) is 22.4 Å². The number of hydrogen-bond donors (Lipinski definition) is 1. The van der Waals surface area contributed by atoms with Crippen LogP contribution in [0.15, 0.2) is 34.8 Å². The minimum absolute atomic E-state index is 0.169. The molecule has 0 radical (unpaired) electrons. The summed E-state index contributed by atoms with van der Waals surface area (Å²) in [5.74, 6) is -0.728. The maximum Gasteiger partial charge on any atom is 0.348 e. The van der Waals surface area contributed by atoms with Crippen LogP contribution in [0.3, 0.4) is 0 Å². The van der Waals surface area contributed by atoms with E-state index >= 15 is 0 Å². The first-order valence-electron chi connectivity index (χ1n) is 7.87. The summed E-state index contributed by atoms with van der Waals surface area (Å²) >= 11 is 4.95. The van der Waals surface area contributed by atoms with Crippen molar-refractivity contribution in [2.75, 3.05) is 6.61 Å². The second kappa shape index (κ2) is 7.49. The predicted octanol–water partition coefficient (Wildman–Crippen LogP) is 4.03. The topological polar surface area (TPSA) is 55.4 Å². The summed E-state index contributed by atoms with van der Waals surface area (Å²) in [6.07, 6.45) is 3.23. The number of rotatable bonds is 5. The lowest BCUT2D eigenvalue weighted by Gasteiger charge is -2.15. The van der Waals surface area contributed by atoms with E-state index in [1.807, 2.05) is 37.3 Å². The second-order valence-corrected chi connectivity index (χ2v) is 7.79. The minimum atomic E-state index is -0.418. The van der Waals surface area contributed by atoms with Crippen LogP contribution in [0.2, 0.25) is 0 Å². The smallest absolute Gasteiger partial charge is 0.348 e. The van der Waals surface area contributed by atoms with Gasteiger partial charge in [0.2, 0.25) is 0 Å². The van der Waals surface area contributed by atoms with Crippen LogP contribution in [-0.4, -0.2) is 18.5 Å². The Hall–Kier alpha value is -1.66. The number of amides is 1. The maximum absolute atomic E-state index is 12.1. The van der Waals surface area contributed by atoms with E-state index in [9.17, 15) is 9.59 Å². The van der Waals surface area contributed by atoms with Crippen molar-refractivity contribution in [2.45, 2.75) is 32.2 Å². The molecule has 3 rings (SSSR count). The van der Waals surface area contributed by atoms with Crippen LogP contribution in [0.4, 0.5) is 0 Å². The highest BCUT2D eigenvalue weighted by Crippen LogP contribution is 2.30. The van der Waals surface area contributed by atoms with E-state index < -0.39 is 5.97 Å². The van der Waals surface area contributed by atoms with Crippen LogP contribution >= 0.6 is 27.3 Å². The monoisotopic (exact) mass is 407 g/mol. The fourth-order valence-electron chi connectivity index (χ4n) is 2.82. The Morgan fingerprint density at radius 2 is 2.12 bits per heavy atom. The van der Waals surface area contributed by atoms with E-state index in [-0.39, 0.29) is 18.6 Å². The van der Waals surface area contributed by atoms with E-state index in [1.54, 1.807) is 0 Å². The first-order valence-corrected chi connectivity index (χ1v) is 9.48. The average molecular weight is 408 g/mol. The van der Waals surface area contributed by atoms with Gasteiger partial charge >= 0.3 is 5.97 Å². The van der Waals surface area contributed by atoms with Crippen molar-refractivity contribution in [3.8, 4) is 0 Å². The summed E-state index contributed by atoms with van der Waals surface area (Å²) in [5, 5.41) is 2.84. The van der Waals surface area contributed by atoms with Gasteiger partial charge in [0.25, 0.3) is 5.91 Å². The number of halogens is 1. The molecule has 0 spiro atoms. The zero-order valence-electron chi connectivity index (χ0n) is 13.3. The fraction of sp³-hybridized carbons (Fsp3) is 0.333. The van der Waals surface area contributed by atoms with Crippen LogP contribution in [0.5, 0.6) is 0 Å². The van der Waals surface area contributed by atoms with Crippen molar-refractivity contribution in [2.24, 2.45) is 0 Å². The first kappa shape index (κ1) is 17.2. The number of esters is 1. The molecule has 1 N–H and O–H groups in total. The highest BCUT2D eigenvalue weighted by atomic mass is 79.9. The molecule has 4 nitrogen and oxygen atoms in total. The van der Waals surface area contributed by atoms with Gasteiger partial charge in [-0.15, -0.1) is 11.3 Å². The summed E-state index contributed by atoms with van der Waals surface area (Å²) in [4.78, 5) is 25.9. The SMILES string of the molecule is C[C@H](NC(=O)COC(=O)c1cc2c(s1)CCC2)c1ccccc1Br. The molecule has 1 aromatic heterocycles. The normalized spacial score (nSPS) is 14.1. The van der Waals surface area contributed by atoms with Gasteiger partial charge in [-0.3, -0.25) is 4.79 Å². The second-order valence-electron chi connectivity index (χ2n) is 5.80. The number of aryl methyl sites for hydroxylation is 2. The third-order valence-electron chi connectivity index (χ3n) is 4.03. The van der Waals surface area contributed by atoms with Crippen LogP contribution < -0.4 is 5.32 Å². The lowest BCUT2D eigenvalue weighted by Crippen LogP contribution is -2.31. The molecule has 126 valence electrons. The number of carbonyl (C=O) groups excluding carboxylic acids is 2. The third kappa shape index (κ3) is 3.87. The maximum atomic E-state index is 12.1. The van der Waals surface area contributed by atoms with E-state index in [0.717, 1.165) is 29.3 Å². The molecule has 1 amide bonds. The summed E-state index contributed by atoms with van der Waals surface area (Å²) in [7, 11) is 0. The number of fused-ring (bicyclic) bond motifs is 1. The fourth-order valence-corrected chi connectivity index (χ4v) is 4.59. The molecule has 2 aromatic rings. The Balaban J connectivity index is 1.51. The summed E-state index contributed by atoms with van der Waals surface area (Å²) in [6, 6.07) is 9.43. The third-order valence-corrected chi connectivity index (χ3v) is 5.97. The van der Waals surface area contributed by atoms with Gasteiger partial charge in [0, 0.05) is 9.35 Å². The molecular formula is C18H18BrNO3S. The summed E-state index contributed by atoms with van der Waals surface area (Å²) < 4.78 is 6.07. The molecule has 1 atom stereocenters. The molecule has 0 aliphatic heterocycles. The van der Waals surface area contributed by atoms with Crippen LogP contribution in [0, 0.1) is 0 Å². The summed E-state index contributed by atoms with van der Waals surface area (Å²) in [6.45, 7) is 1.62. The Labute approximate surface area is 153 Å². The molecule has 0 saturated heterocycles. The lowest BCUT2D eigenvalue weighted by atomic mass is 10.1. The highest BCUT2D eigenvalue weighted by Gasteiger charge is 2.20. The molecule has 0 fully saturated rings. The van der Waals surface area contributed by atoms with E-state index in [1.165, 1.54) is 21.8 Å². The van der Waals surface area contributed by atoms with E-state index in [2.05, 4.69) is 21.2 Å². The van der Waals surface area contributed by atoms with E-state index in [0.29, 0.717) is 4.88 Å². The number of thiophene rings is 1. The van der Waals surface area contributed by atoms with Crippen LogP contribution in [0.1, 0.15) is 45.1 Å². The van der Waals surface area contributed by atoms with Crippen molar-refractivity contribution in [1.29, 1.82) is 0 Å². The predicted molar refractivity (Wildman–Crippen MR) is 97.3 cm³/mol. The molecule has 1 aromatic carbocycles. The Kier molecular flexibility index (Phi) is 5.36. The number of carbonyl (C=O) groups is 2. The molecule has 1 aliphatic rings. The van der Waals surface area contributed by atoms with Gasteiger partial charge in [-0.2, -0.15) is 0 Å². The van der Waals surface area contributed by atoms with Crippen molar-refractivity contribution >= 4 is 39.1 Å². The molecule has 0 bridgehead atoms. The zero-order chi connectivity index (χ0) is 17.1. The standard InChI is InChI=1S/C18H18BrNO3S/c1-11(13-6-2-3-7-14(13)19)20-17(21)10-23-18(22)16-9-12-5-4-8-15(12)24-16/h2-3,6-7,9,11H,4-5,8,10H2,1H3,(H,20,21)/t11-/m0/s1. The van der Waals surface area contributed by atoms with Crippen molar-refractivity contribution < 1.29 is 14.3 Å². The number of ether oxygens (including phenoxy) is 1. The minimum Gasteiger partial charge on any atom is -0.451 e. The lowest BCUT2D eigenvalue weighted by molar-refractivity contribution is -0.124. The Morgan fingerprint density at radius 3 is 2.88 bits per heavy atom. The largest absolute Gasteiger partial charge is 0.451 e. The summed E-state index contributed by atoms with van der Waals surface area (Å²) in [5.41, 5.74) is 2.23. The zero-order valence-corrected chi connectivity index (χ0v) is 15.7. The molecule has 0 unspecified atom stereocenters. The van der Waals surface area contributed by atoms with Crippen molar-refractivity contribution in [3.05, 3.63) is 55.7 Å². The molecule has 6 heteroatoms. The molecule has 24 heavy (non-hydrogen) atoms. The number of hydrogen-bond acceptors (Lipinski definition) is 4. The Morgan fingerprint density at radius 1 is 1.33 bits per heavy atom. The highest BCUT2D eigenvalue weighted by molar-refractivity contribution is 9.10. The molecule has 1 aliphatic carbocycles. The van der Waals surface area contributed by atoms with Crippen LogP contribution in [0.25, 0.3) is 0 Å². The van der Waals surface area contributed by atoms with E-state index in [4.69, 9.17) is 4.74 Å². The quantitative estimate of drug-likeness (QED) is 0.760. The van der Waals surface area contributed by atoms with Gasteiger partial charge in [0.05, 0.1) is 6.04 Å². The molecule has 1 heterocycles. The number of nitrogens with one attached hydrogen (secondary N) is 1. The van der Waals surface area contributed by atoms with Gasteiger partial charge < -0.3 is 10.1 Å². The van der Waals surface area contributed by atoms with Gasteiger partial charge in [-0.05, 0) is 49.4 Å². The van der Waals surface area contributed by atoms with Gasteiger partial charge in [0.15, 0.2) is 6.61 Å². The van der Waals surface area contributed by atoms with Crippen molar-refractivity contribution in [1.82, 2.24) is 5.32 Å². The number of benzene rings is 1. The first-order chi connectivity index (χ1) is 11.5. The van der Waals surface area contributed by atoms with Gasteiger partial charge in [-0.25, -0.2) is 4.79 Å². The molecule has 0 saturated carbocycles. The average Bonchev–Trinajstić information content (AvgIpc) is 3.14. The Bertz CT molecular complexity index is 750. The van der Waals surface area contributed by atoms with Gasteiger partial charge in [0.1, 0.15) is 4.88 Å². The molecular weight excluding hydrogens is 390 g/mol.